The maximum atomic E-state index is 6.08. The molecule has 1 heterocycles. The third kappa shape index (κ3) is 3.73. The van der Waals surface area contributed by atoms with E-state index in [1.54, 1.807) is 12.3 Å². The van der Waals surface area contributed by atoms with E-state index in [9.17, 15) is 0 Å². The highest BCUT2D eigenvalue weighted by atomic mass is 35.5. The standard InChI is InChI=1S/C12H13Cl2N3/c13-10-2-1-9(11(14)7-10)3-4-15-8-12-16-5-6-17-12/h1-2,5-7,15H,3-4,8H2,(H,16,17). The number of H-pyrrole nitrogens is 1. The van der Waals surface area contributed by atoms with Gasteiger partial charge in [-0.3, -0.25) is 0 Å². The van der Waals surface area contributed by atoms with Crippen molar-refractivity contribution in [3.63, 3.8) is 0 Å². The molecule has 0 amide bonds. The van der Waals surface area contributed by atoms with E-state index in [-0.39, 0.29) is 0 Å². The Morgan fingerprint density at radius 1 is 1.29 bits per heavy atom. The molecule has 17 heavy (non-hydrogen) atoms. The van der Waals surface area contributed by atoms with E-state index in [2.05, 4.69) is 15.3 Å². The van der Waals surface area contributed by atoms with Crippen molar-refractivity contribution in [3.8, 4) is 0 Å². The number of rotatable bonds is 5. The maximum absolute atomic E-state index is 6.08. The minimum absolute atomic E-state index is 0.669. The summed E-state index contributed by atoms with van der Waals surface area (Å²) >= 11 is 11.9. The van der Waals surface area contributed by atoms with Crippen LogP contribution in [-0.4, -0.2) is 16.5 Å². The van der Waals surface area contributed by atoms with Gasteiger partial charge < -0.3 is 10.3 Å². The summed E-state index contributed by atoms with van der Waals surface area (Å²) in [4.78, 5) is 7.17. The lowest BCUT2D eigenvalue weighted by Gasteiger charge is -2.05. The van der Waals surface area contributed by atoms with Crippen LogP contribution in [0.25, 0.3) is 0 Å². The van der Waals surface area contributed by atoms with E-state index in [1.165, 1.54) is 0 Å². The van der Waals surface area contributed by atoms with Crippen LogP contribution < -0.4 is 5.32 Å². The van der Waals surface area contributed by atoms with E-state index >= 15 is 0 Å². The number of halogens is 2. The summed E-state index contributed by atoms with van der Waals surface area (Å²) < 4.78 is 0. The topological polar surface area (TPSA) is 40.7 Å². The van der Waals surface area contributed by atoms with Gasteiger partial charge in [0.2, 0.25) is 0 Å². The Hall–Kier alpha value is -1.03. The summed E-state index contributed by atoms with van der Waals surface area (Å²) in [6.07, 6.45) is 4.43. The fraction of sp³-hybridized carbons (Fsp3) is 0.250. The number of nitrogens with one attached hydrogen (secondary N) is 2. The number of aromatic nitrogens is 2. The van der Waals surface area contributed by atoms with E-state index in [0.29, 0.717) is 5.02 Å². The van der Waals surface area contributed by atoms with Gasteiger partial charge in [-0.2, -0.15) is 0 Å². The van der Waals surface area contributed by atoms with Crippen molar-refractivity contribution in [3.05, 3.63) is 52.0 Å². The third-order valence-electron chi connectivity index (χ3n) is 2.43. The quantitative estimate of drug-likeness (QED) is 0.820. The van der Waals surface area contributed by atoms with E-state index in [0.717, 1.165) is 35.9 Å². The SMILES string of the molecule is Clc1ccc(CCNCc2ncc[nH]2)c(Cl)c1. The number of benzene rings is 1. The van der Waals surface area contributed by atoms with Crippen molar-refractivity contribution >= 4 is 23.2 Å². The van der Waals surface area contributed by atoms with Gasteiger partial charge in [0.15, 0.2) is 0 Å². The molecule has 2 rings (SSSR count). The predicted molar refractivity (Wildman–Crippen MR) is 70.5 cm³/mol. The molecule has 0 atom stereocenters. The monoisotopic (exact) mass is 269 g/mol. The lowest BCUT2D eigenvalue weighted by atomic mass is 10.1. The van der Waals surface area contributed by atoms with Gasteiger partial charge in [0.05, 0.1) is 6.54 Å². The summed E-state index contributed by atoms with van der Waals surface area (Å²) in [5, 5.41) is 4.68. The lowest BCUT2D eigenvalue weighted by molar-refractivity contribution is 0.665. The number of imidazole rings is 1. The molecule has 0 saturated heterocycles. The zero-order chi connectivity index (χ0) is 12.1. The minimum Gasteiger partial charge on any atom is -0.348 e. The molecule has 0 radical (unpaired) electrons. The molecule has 5 heteroatoms. The Kier molecular flexibility index (Phi) is 4.42. The van der Waals surface area contributed by atoms with Crippen molar-refractivity contribution in [1.82, 2.24) is 15.3 Å². The Balaban J connectivity index is 1.78. The molecule has 0 aliphatic rings. The average molecular weight is 270 g/mol. The first kappa shape index (κ1) is 12.4. The largest absolute Gasteiger partial charge is 0.348 e. The zero-order valence-corrected chi connectivity index (χ0v) is 10.7. The van der Waals surface area contributed by atoms with Crippen LogP contribution in [0.5, 0.6) is 0 Å². The second kappa shape index (κ2) is 6.05. The molecule has 1 aromatic carbocycles. The Labute approximate surface area is 110 Å². The molecule has 0 aliphatic carbocycles. The molecule has 1 aromatic heterocycles. The first-order valence-corrected chi connectivity index (χ1v) is 6.14. The molecule has 90 valence electrons. The average Bonchev–Trinajstić information content (AvgIpc) is 2.79. The fourth-order valence-electron chi connectivity index (χ4n) is 1.55. The van der Waals surface area contributed by atoms with Crippen LogP contribution in [0.1, 0.15) is 11.4 Å². The van der Waals surface area contributed by atoms with Crippen LogP contribution in [0.4, 0.5) is 0 Å². The summed E-state index contributed by atoms with van der Waals surface area (Å²) in [5.41, 5.74) is 1.10. The molecule has 0 unspecified atom stereocenters. The molecular weight excluding hydrogens is 257 g/mol. The molecule has 0 spiro atoms. The zero-order valence-electron chi connectivity index (χ0n) is 9.21. The van der Waals surface area contributed by atoms with E-state index in [4.69, 9.17) is 23.2 Å². The van der Waals surface area contributed by atoms with Gasteiger partial charge >= 0.3 is 0 Å². The van der Waals surface area contributed by atoms with Gasteiger partial charge in [-0.25, -0.2) is 4.98 Å². The van der Waals surface area contributed by atoms with Crippen molar-refractivity contribution in [2.24, 2.45) is 0 Å². The second-order valence-corrected chi connectivity index (χ2v) is 4.54. The summed E-state index contributed by atoms with van der Waals surface area (Å²) in [5.74, 6) is 0.937. The molecule has 0 fully saturated rings. The van der Waals surface area contributed by atoms with Gasteiger partial charge in [-0.05, 0) is 30.7 Å². The third-order valence-corrected chi connectivity index (χ3v) is 3.02. The number of aromatic amines is 1. The highest BCUT2D eigenvalue weighted by Gasteiger charge is 2.01. The summed E-state index contributed by atoms with van der Waals surface area (Å²) in [6.45, 7) is 1.58. The molecular formula is C12H13Cl2N3. The van der Waals surface area contributed by atoms with Gasteiger partial charge in [0.1, 0.15) is 5.82 Å². The van der Waals surface area contributed by atoms with Crippen LogP contribution in [0, 0.1) is 0 Å². The molecule has 0 bridgehead atoms. The normalized spacial score (nSPS) is 10.7. The summed E-state index contributed by atoms with van der Waals surface area (Å²) in [7, 11) is 0. The Morgan fingerprint density at radius 2 is 2.18 bits per heavy atom. The van der Waals surface area contributed by atoms with Gasteiger partial charge in [-0.1, -0.05) is 29.3 Å². The first-order chi connectivity index (χ1) is 8.25. The molecule has 2 aromatic rings. The van der Waals surface area contributed by atoms with E-state index in [1.807, 2.05) is 18.3 Å². The minimum atomic E-state index is 0.669. The van der Waals surface area contributed by atoms with Crippen molar-refractivity contribution in [2.45, 2.75) is 13.0 Å². The van der Waals surface area contributed by atoms with Crippen LogP contribution in [-0.2, 0) is 13.0 Å². The van der Waals surface area contributed by atoms with Gasteiger partial charge in [0, 0.05) is 22.4 Å². The highest BCUT2D eigenvalue weighted by molar-refractivity contribution is 6.35. The van der Waals surface area contributed by atoms with Crippen molar-refractivity contribution < 1.29 is 0 Å². The van der Waals surface area contributed by atoms with Crippen molar-refractivity contribution in [1.29, 1.82) is 0 Å². The van der Waals surface area contributed by atoms with Gasteiger partial charge in [-0.15, -0.1) is 0 Å². The maximum Gasteiger partial charge on any atom is 0.120 e. The molecule has 0 aliphatic heterocycles. The Morgan fingerprint density at radius 3 is 2.88 bits per heavy atom. The van der Waals surface area contributed by atoms with Gasteiger partial charge in [0.25, 0.3) is 0 Å². The van der Waals surface area contributed by atoms with E-state index < -0.39 is 0 Å². The summed E-state index contributed by atoms with van der Waals surface area (Å²) in [6, 6.07) is 5.58. The van der Waals surface area contributed by atoms with Crippen molar-refractivity contribution in [2.75, 3.05) is 6.54 Å². The van der Waals surface area contributed by atoms with Crippen LogP contribution >= 0.6 is 23.2 Å². The molecule has 0 saturated carbocycles. The second-order valence-electron chi connectivity index (χ2n) is 3.70. The Bertz CT molecular complexity index is 469. The first-order valence-electron chi connectivity index (χ1n) is 5.38. The number of hydrogen-bond acceptors (Lipinski definition) is 2. The molecule has 2 N–H and O–H groups in total. The van der Waals surface area contributed by atoms with Crippen LogP contribution in [0.3, 0.4) is 0 Å². The smallest absolute Gasteiger partial charge is 0.120 e. The number of nitrogens with zero attached hydrogens (tertiary/aromatic N) is 1. The predicted octanol–water partition coefficient (Wildman–Crippen LogP) is 3.05. The number of hydrogen-bond donors (Lipinski definition) is 2. The van der Waals surface area contributed by atoms with Crippen LogP contribution in [0.15, 0.2) is 30.6 Å². The molecule has 3 nitrogen and oxygen atoms in total. The lowest BCUT2D eigenvalue weighted by Crippen LogP contribution is -2.17. The van der Waals surface area contributed by atoms with Crippen LogP contribution in [0.2, 0.25) is 10.0 Å². The highest BCUT2D eigenvalue weighted by Crippen LogP contribution is 2.20. The fourth-order valence-corrected chi connectivity index (χ4v) is 2.05.